The minimum absolute atomic E-state index is 0.125. The smallest absolute Gasteiger partial charge is 0.259 e. The maximum atomic E-state index is 13.1. The Kier molecular flexibility index (Phi) is 6.24. The molecular formula is C22H26N2O3. The van der Waals surface area contributed by atoms with E-state index in [1.54, 1.807) is 17.0 Å². The SMILES string of the molecule is CC(C)OCCCNC(=O)C1Cc2ccccc2N1C(=O)c1ccccc1. The van der Waals surface area contributed by atoms with E-state index in [0.717, 1.165) is 17.7 Å². The first-order chi connectivity index (χ1) is 13.1. The van der Waals surface area contributed by atoms with Gasteiger partial charge in [0, 0.05) is 30.8 Å². The van der Waals surface area contributed by atoms with Crippen molar-refractivity contribution in [2.75, 3.05) is 18.1 Å². The van der Waals surface area contributed by atoms with E-state index < -0.39 is 6.04 Å². The standard InChI is InChI=1S/C22H26N2O3/c1-16(2)27-14-8-13-23-21(25)20-15-18-11-6-7-12-19(18)24(20)22(26)17-9-4-3-5-10-17/h3-7,9-12,16,20H,8,13-15H2,1-2H3,(H,23,25). The number of nitrogens with one attached hydrogen (secondary N) is 1. The fourth-order valence-electron chi connectivity index (χ4n) is 3.29. The number of hydrogen-bond acceptors (Lipinski definition) is 3. The maximum Gasteiger partial charge on any atom is 0.259 e. The monoisotopic (exact) mass is 366 g/mol. The molecule has 5 nitrogen and oxygen atoms in total. The Bertz CT molecular complexity index is 789. The van der Waals surface area contributed by atoms with Gasteiger partial charge in [-0.1, -0.05) is 36.4 Å². The average Bonchev–Trinajstić information content (AvgIpc) is 3.07. The molecule has 0 spiro atoms. The zero-order chi connectivity index (χ0) is 19.2. The third-order valence-corrected chi connectivity index (χ3v) is 4.59. The van der Waals surface area contributed by atoms with Gasteiger partial charge in [0.05, 0.1) is 6.10 Å². The maximum absolute atomic E-state index is 13.1. The molecule has 1 heterocycles. The van der Waals surface area contributed by atoms with E-state index in [4.69, 9.17) is 4.74 Å². The lowest BCUT2D eigenvalue weighted by Crippen LogP contribution is -2.48. The number of para-hydroxylation sites is 1. The quantitative estimate of drug-likeness (QED) is 0.766. The Labute approximate surface area is 160 Å². The van der Waals surface area contributed by atoms with Crippen molar-refractivity contribution < 1.29 is 14.3 Å². The zero-order valence-corrected chi connectivity index (χ0v) is 15.9. The number of nitrogens with zero attached hydrogens (tertiary/aromatic N) is 1. The van der Waals surface area contributed by atoms with Crippen LogP contribution >= 0.6 is 0 Å². The molecule has 27 heavy (non-hydrogen) atoms. The first kappa shape index (κ1) is 19.1. The van der Waals surface area contributed by atoms with Crippen LogP contribution in [0.15, 0.2) is 54.6 Å². The number of fused-ring (bicyclic) bond motifs is 1. The van der Waals surface area contributed by atoms with Gasteiger partial charge in [-0.15, -0.1) is 0 Å². The summed E-state index contributed by atoms with van der Waals surface area (Å²) < 4.78 is 5.50. The molecule has 0 fully saturated rings. The van der Waals surface area contributed by atoms with Crippen LogP contribution in [-0.2, 0) is 16.0 Å². The van der Waals surface area contributed by atoms with Crippen LogP contribution in [0, 0.1) is 0 Å². The van der Waals surface area contributed by atoms with Crippen LogP contribution in [0.3, 0.4) is 0 Å². The molecule has 142 valence electrons. The fraction of sp³-hybridized carbons (Fsp3) is 0.364. The van der Waals surface area contributed by atoms with Gasteiger partial charge in [-0.05, 0) is 44.0 Å². The molecule has 3 rings (SSSR count). The topological polar surface area (TPSA) is 58.6 Å². The van der Waals surface area contributed by atoms with Gasteiger partial charge in [-0.3, -0.25) is 14.5 Å². The predicted molar refractivity (Wildman–Crippen MR) is 106 cm³/mol. The van der Waals surface area contributed by atoms with Crippen LogP contribution in [0.4, 0.5) is 5.69 Å². The number of hydrogen-bond donors (Lipinski definition) is 1. The summed E-state index contributed by atoms with van der Waals surface area (Å²) >= 11 is 0. The Morgan fingerprint density at radius 1 is 1.11 bits per heavy atom. The minimum atomic E-state index is -0.527. The molecule has 5 heteroatoms. The van der Waals surface area contributed by atoms with Crippen molar-refractivity contribution in [1.82, 2.24) is 5.32 Å². The molecular weight excluding hydrogens is 340 g/mol. The van der Waals surface area contributed by atoms with Crippen LogP contribution in [-0.4, -0.2) is 37.1 Å². The molecule has 0 bridgehead atoms. The highest BCUT2D eigenvalue weighted by molar-refractivity contribution is 6.11. The van der Waals surface area contributed by atoms with Gasteiger partial charge in [0.1, 0.15) is 6.04 Å². The summed E-state index contributed by atoms with van der Waals surface area (Å²) in [4.78, 5) is 27.5. The lowest BCUT2D eigenvalue weighted by molar-refractivity contribution is -0.122. The number of amides is 2. The van der Waals surface area contributed by atoms with Crippen LogP contribution in [0.1, 0.15) is 36.2 Å². The lowest BCUT2D eigenvalue weighted by Gasteiger charge is -2.25. The van der Waals surface area contributed by atoms with Crippen molar-refractivity contribution in [3.05, 3.63) is 65.7 Å². The van der Waals surface area contributed by atoms with Crippen molar-refractivity contribution in [3.63, 3.8) is 0 Å². The number of ether oxygens (including phenoxy) is 1. The second-order valence-electron chi connectivity index (χ2n) is 6.95. The summed E-state index contributed by atoms with van der Waals surface area (Å²) in [6.45, 7) is 5.12. The van der Waals surface area contributed by atoms with Gasteiger partial charge in [-0.2, -0.15) is 0 Å². The normalized spacial score (nSPS) is 15.7. The summed E-state index contributed by atoms with van der Waals surface area (Å²) in [5.41, 5.74) is 2.41. The molecule has 0 saturated heterocycles. The van der Waals surface area contributed by atoms with Crippen LogP contribution in [0.5, 0.6) is 0 Å². The number of benzene rings is 2. The van der Waals surface area contributed by atoms with Gasteiger partial charge in [0.2, 0.25) is 5.91 Å². The Hall–Kier alpha value is -2.66. The van der Waals surface area contributed by atoms with Crippen LogP contribution in [0.2, 0.25) is 0 Å². The summed E-state index contributed by atoms with van der Waals surface area (Å²) in [5.74, 6) is -0.274. The van der Waals surface area contributed by atoms with Crippen molar-refractivity contribution >= 4 is 17.5 Å². The summed E-state index contributed by atoms with van der Waals surface area (Å²) in [6.07, 6.45) is 1.46. The van der Waals surface area contributed by atoms with E-state index in [9.17, 15) is 9.59 Å². The first-order valence-corrected chi connectivity index (χ1v) is 9.43. The molecule has 2 aromatic rings. The van der Waals surface area contributed by atoms with E-state index in [-0.39, 0.29) is 17.9 Å². The zero-order valence-electron chi connectivity index (χ0n) is 15.9. The van der Waals surface area contributed by atoms with E-state index in [1.165, 1.54) is 0 Å². The third kappa shape index (κ3) is 4.55. The first-order valence-electron chi connectivity index (χ1n) is 9.43. The molecule has 0 saturated carbocycles. The number of carbonyl (C=O) groups excluding carboxylic acids is 2. The van der Waals surface area contributed by atoms with Crippen LogP contribution < -0.4 is 10.2 Å². The van der Waals surface area contributed by atoms with E-state index in [2.05, 4.69) is 5.32 Å². The summed E-state index contributed by atoms with van der Waals surface area (Å²) in [7, 11) is 0. The lowest BCUT2D eigenvalue weighted by atomic mass is 10.1. The third-order valence-electron chi connectivity index (χ3n) is 4.59. The highest BCUT2D eigenvalue weighted by atomic mass is 16.5. The highest BCUT2D eigenvalue weighted by Gasteiger charge is 2.38. The van der Waals surface area contributed by atoms with Crippen LogP contribution in [0.25, 0.3) is 0 Å². The Morgan fingerprint density at radius 2 is 1.81 bits per heavy atom. The van der Waals surface area contributed by atoms with Crippen molar-refractivity contribution in [1.29, 1.82) is 0 Å². The largest absolute Gasteiger partial charge is 0.379 e. The van der Waals surface area contributed by atoms with E-state index in [0.29, 0.717) is 25.1 Å². The van der Waals surface area contributed by atoms with E-state index in [1.807, 2.05) is 56.3 Å². The molecule has 2 aromatic carbocycles. The molecule has 1 atom stereocenters. The molecule has 0 radical (unpaired) electrons. The number of carbonyl (C=O) groups is 2. The van der Waals surface area contributed by atoms with Crippen molar-refractivity contribution in [2.45, 2.75) is 38.8 Å². The molecule has 0 aromatic heterocycles. The predicted octanol–water partition coefficient (Wildman–Crippen LogP) is 3.19. The Morgan fingerprint density at radius 3 is 2.56 bits per heavy atom. The average molecular weight is 366 g/mol. The summed E-state index contributed by atoms with van der Waals surface area (Å²) in [6, 6.07) is 16.3. The van der Waals surface area contributed by atoms with Gasteiger partial charge < -0.3 is 10.1 Å². The molecule has 1 unspecified atom stereocenters. The summed E-state index contributed by atoms with van der Waals surface area (Å²) in [5, 5.41) is 2.96. The molecule has 1 aliphatic rings. The van der Waals surface area contributed by atoms with Crippen molar-refractivity contribution in [2.24, 2.45) is 0 Å². The Balaban J connectivity index is 1.72. The van der Waals surface area contributed by atoms with Gasteiger partial charge in [0.25, 0.3) is 5.91 Å². The van der Waals surface area contributed by atoms with E-state index >= 15 is 0 Å². The fourth-order valence-corrected chi connectivity index (χ4v) is 3.29. The number of rotatable bonds is 7. The van der Waals surface area contributed by atoms with Gasteiger partial charge >= 0.3 is 0 Å². The van der Waals surface area contributed by atoms with Crippen molar-refractivity contribution in [3.8, 4) is 0 Å². The number of anilines is 1. The van der Waals surface area contributed by atoms with Gasteiger partial charge in [-0.25, -0.2) is 0 Å². The molecule has 0 aliphatic carbocycles. The molecule has 1 aliphatic heterocycles. The highest BCUT2D eigenvalue weighted by Crippen LogP contribution is 2.33. The second kappa shape index (κ2) is 8.82. The minimum Gasteiger partial charge on any atom is -0.379 e. The molecule has 2 amide bonds. The molecule has 1 N–H and O–H groups in total. The second-order valence-corrected chi connectivity index (χ2v) is 6.95. The van der Waals surface area contributed by atoms with Gasteiger partial charge in [0.15, 0.2) is 0 Å².